The molecule has 4 atom stereocenters. The van der Waals surface area contributed by atoms with Gasteiger partial charge in [0, 0.05) is 5.41 Å². The van der Waals surface area contributed by atoms with Gasteiger partial charge in [-0.3, -0.25) is 4.79 Å². The Hall–Kier alpha value is -1.82. The Morgan fingerprint density at radius 2 is 2.14 bits per heavy atom. The lowest BCUT2D eigenvalue weighted by atomic mass is 9.42. The molecule has 1 aromatic rings. The van der Waals surface area contributed by atoms with Crippen molar-refractivity contribution < 1.29 is 9.90 Å². The van der Waals surface area contributed by atoms with Gasteiger partial charge in [-0.25, -0.2) is 0 Å². The van der Waals surface area contributed by atoms with Crippen LogP contribution < -0.4 is 0 Å². The number of nitriles is 1. The predicted octanol–water partition coefficient (Wildman–Crippen LogP) is 4.04. The van der Waals surface area contributed by atoms with Crippen LogP contribution in [0.25, 0.3) is 0 Å². The normalized spacial score (nSPS) is 32.4. The average molecular weight is 297 g/mol. The van der Waals surface area contributed by atoms with E-state index >= 15 is 0 Å². The zero-order valence-corrected chi connectivity index (χ0v) is 13.1. The van der Waals surface area contributed by atoms with Crippen LogP contribution in [0.1, 0.15) is 44.6 Å². The summed E-state index contributed by atoms with van der Waals surface area (Å²) in [5.74, 6) is 0.0875. The van der Waals surface area contributed by atoms with Crippen molar-refractivity contribution in [2.45, 2.75) is 45.4 Å². The Morgan fingerprint density at radius 3 is 2.68 bits per heavy atom. The monoisotopic (exact) mass is 297 g/mol. The summed E-state index contributed by atoms with van der Waals surface area (Å²) < 4.78 is 0. The first kappa shape index (κ1) is 15.1. The van der Waals surface area contributed by atoms with Gasteiger partial charge in [0.15, 0.2) is 5.41 Å². The molecule has 0 heterocycles. The van der Waals surface area contributed by atoms with E-state index in [4.69, 9.17) is 0 Å². The molecule has 2 fully saturated rings. The number of rotatable bonds is 5. The number of benzene rings is 1. The fourth-order valence-electron chi connectivity index (χ4n) is 5.23. The first-order valence-electron chi connectivity index (χ1n) is 8.28. The first-order valence-corrected chi connectivity index (χ1v) is 8.28. The minimum Gasteiger partial charge on any atom is -0.480 e. The Labute approximate surface area is 132 Å². The fourth-order valence-corrected chi connectivity index (χ4v) is 5.23. The Morgan fingerprint density at radius 1 is 1.41 bits per heavy atom. The van der Waals surface area contributed by atoms with E-state index < -0.39 is 16.8 Å². The van der Waals surface area contributed by atoms with Crippen LogP contribution in [-0.4, -0.2) is 11.1 Å². The molecule has 2 aliphatic rings. The SMILES string of the molecule is CCC(C#N)(C(=O)O)C1(Cc2ccccc2)CC2CCCC21. The zero-order chi connectivity index (χ0) is 15.8. The van der Waals surface area contributed by atoms with E-state index in [2.05, 4.69) is 18.2 Å². The first-order chi connectivity index (χ1) is 10.6. The topological polar surface area (TPSA) is 61.1 Å². The second kappa shape index (κ2) is 5.43. The summed E-state index contributed by atoms with van der Waals surface area (Å²) in [6, 6.07) is 12.3. The summed E-state index contributed by atoms with van der Waals surface area (Å²) >= 11 is 0. The molecule has 0 amide bonds. The van der Waals surface area contributed by atoms with Crippen molar-refractivity contribution in [3.63, 3.8) is 0 Å². The van der Waals surface area contributed by atoms with E-state index in [-0.39, 0.29) is 0 Å². The summed E-state index contributed by atoms with van der Waals surface area (Å²) in [5.41, 5.74) is -0.499. The number of hydrogen-bond donors (Lipinski definition) is 1. The van der Waals surface area contributed by atoms with Gasteiger partial charge in [0.1, 0.15) is 0 Å². The number of fused-ring (bicyclic) bond motifs is 1. The van der Waals surface area contributed by atoms with Crippen LogP contribution in [0.4, 0.5) is 0 Å². The molecule has 3 nitrogen and oxygen atoms in total. The highest BCUT2D eigenvalue weighted by atomic mass is 16.4. The summed E-state index contributed by atoms with van der Waals surface area (Å²) in [7, 11) is 0. The zero-order valence-electron chi connectivity index (χ0n) is 13.1. The predicted molar refractivity (Wildman–Crippen MR) is 84.0 cm³/mol. The second-order valence-electron chi connectivity index (χ2n) is 7.00. The standard InChI is InChI=1S/C19H23NO2/c1-2-18(13-20,17(21)22)19(11-14-7-4-3-5-8-14)12-15-9-6-10-16(15)19/h3-5,7-8,15-16H,2,6,9-12H2,1H3,(H,21,22). The van der Waals surface area contributed by atoms with E-state index in [1.54, 1.807) is 0 Å². The lowest BCUT2D eigenvalue weighted by molar-refractivity contribution is -0.172. The Kier molecular flexibility index (Phi) is 3.72. The van der Waals surface area contributed by atoms with Crippen LogP contribution in [0.3, 0.4) is 0 Å². The molecule has 116 valence electrons. The van der Waals surface area contributed by atoms with Gasteiger partial charge in [0.25, 0.3) is 0 Å². The quantitative estimate of drug-likeness (QED) is 0.892. The van der Waals surface area contributed by atoms with Gasteiger partial charge in [-0.15, -0.1) is 0 Å². The van der Waals surface area contributed by atoms with Crippen LogP contribution >= 0.6 is 0 Å². The van der Waals surface area contributed by atoms with E-state index in [9.17, 15) is 15.2 Å². The highest BCUT2D eigenvalue weighted by molar-refractivity contribution is 5.80. The Bertz CT molecular complexity index is 606. The fraction of sp³-hybridized carbons (Fsp3) is 0.579. The number of carboxylic acids is 1. The molecule has 1 aromatic carbocycles. The van der Waals surface area contributed by atoms with Crippen LogP contribution in [-0.2, 0) is 11.2 Å². The molecule has 0 bridgehead atoms. The maximum Gasteiger partial charge on any atom is 0.324 e. The van der Waals surface area contributed by atoms with Crippen molar-refractivity contribution >= 4 is 5.97 Å². The van der Waals surface area contributed by atoms with Gasteiger partial charge in [-0.2, -0.15) is 5.26 Å². The molecule has 4 unspecified atom stereocenters. The molecule has 3 rings (SSSR count). The van der Waals surface area contributed by atoms with Crippen LogP contribution in [0.15, 0.2) is 30.3 Å². The van der Waals surface area contributed by atoms with E-state index in [1.807, 2.05) is 25.1 Å². The van der Waals surface area contributed by atoms with Crippen LogP contribution in [0, 0.1) is 34.0 Å². The van der Waals surface area contributed by atoms with E-state index in [1.165, 1.54) is 12.8 Å². The number of aliphatic carboxylic acids is 1. The molecule has 22 heavy (non-hydrogen) atoms. The third-order valence-corrected chi connectivity index (χ3v) is 6.29. The average Bonchev–Trinajstić information content (AvgIpc) is 2.90. The van der Waals surface area contributed by atoms with Crippen molar-refractivity contribution in [1.29, 1.82) is 5.26 Å². The smallest absolute Gasteiger partial charge is 0.324 e. The maximum absolute atomic E-state index is 12.1. The van der Waals surface area contributed by atoms with E-state index in [0.717, 1.165) is 18.4 Å². The van der Waals surface area contributed by atoms with Gasteiger partial charge in [-0.1, -0.05) is 50.1 Å². The number of hydrogen-bond acceptors (Lipinski definition) is 2. The van der Waals surface area contributed by atoms with Crippen molar-refractivity contribution in [3.8, 4) is 6.07 Å². The molecule has 0 radical (unpaired) electrons. The lowest BCUT2D eigenvalue weighted by Crippen LogP contribution is -2.60. The summed E-state index contributed by atoms with van der Waals surface area (Å²) in [6.45, 7) is 1.85. The summed E-state index contributed by atoms with van der Waals surface area (Å²) in [4.78, 5) is 12.1. The highest BCUT2D eigenvalue weighted by Gasteiger charge is 2.67. The van der Waals surface area contributed by atoms with Gasteiger partial charge < -0.3 is 5.11 Å². The molecule has 1 N–H and O–H groups in total. The molecule has 0 aromatic heterocycles. The minimum absolute atomic E-state index is 0.384. The van der Waals surface area contributed by atoms with Crippen molar-refractivity contribution in [2.24, 2.45) is 22.7 Å². The lowest BCUT2D eigenvalue weighted by Gasteiger charge is -2.59. The van der Waals surface area contributed by atoms with Crippen molar-refractivity contribution in [2.75, 3.05) is 0 Å². The van der Waals surface area contributed by atoms with Gasteiger partial charge in [0.05, 0.1) is 6.07 Å². The maximum atomic E-state index is 12.1. The van der Waals surface area contributed by atoms with Crippen LogP contribution in [0.2, 0.25) is 0 Å². The highest BCUT2D eigenvalue weighted by Crippen LogP contribution is 2.68. The third-order valence-electron chi connectivity index (χ3n) is 6.29. The van der Waals surface area contributed by atoms with Crippen molar-refractivity contribution in [1.82, 2.24) is 0 Å². The van der Waals surface area contributed by atoms with Crippen LogP contribution in [0.5, 0.6) is 0 Å². The molecular formula is C19H23NO2. The van der Waals surface area contributed by atoms with Gasteiger partial charge in [0.2, 0.25) is 0 Å². The Balaban J connectivity index is 2.05. The number of nitrogens with zero attached hydrogens (tertiary/aromatic N) is 1. The summed E-state index contributed by atoms with van der Waals surface area (Å²) in [6.07, 6.45) is 5.44. The third kappa shape index (κ3) is 1.90. The molecule has 0 spiro atoms. The number of carbonyl (C=O) groups is 1. The molecule has 3 heteroatoms. The molecular weight excluding hydrogens is 274 g/mol. The minimum atomic E-state index is -1.26. The van der Waals surface area contributed by atoms with Gasteiger partial charge in [-0.05, 0) is 43.1 Å². The number of carboxylic acid groups (broad SMARTS) is 1. The molecule has 2 saturated carbocycles. The molecule has 0 aliphatic heterocycles. The molecule has 2 aliphatic carbocycles. The van der Waals surface area contributed by atoms with Gasteiger partial charge >= 0.3 is 5.97 Å². The largest absolute Gasteiger partial charge is 0.480 e. The molecule has 0 saturated heterocycles. The van der Waals surface area contributed by atoms with Crippen molar-refractivity contribution in [3.05, 3.63) is 35.9 Å². The summed E-state index contributed by atoms with van der Waals surface area (Å²) in [5, 5.41) is 19.7. The van der Waals surface area contributed by atoms with E-state index in [0.29, 0.717) is 24.7 Å². The second-order valence-corrected chi connectivity index (χ2v) is 7.00.